The zero-order valence-corrected chi connectivity index (χ0v) is 11.8. The highest BCUT2D eigenvalue weighted by molar-refractivity contribution is 7.19. The van der Waals surface area contributed by atoms with Crippen LogP contribution in [0.4, 0.5) is 4.39 Å². The predicted molar refractivity (Wildman–Crippen MR) is 74.0 cm³/mol. The minimum atomic E-state index is -0.0643. The van der Waals surface area contributed by atoms with Crippen LogP contribution in [-0.4, -0.2) is 0 Å². The minimum Gasteiger partial charge on any atom is -0.205 e. The molecule has 2 rings (SSSR count). The van der Waals surface area contributed by atoms with Crippen molar-refractivity contribution in [2.45, 2.75) is 41.5 Å². The fraction of sp³-hybridized carbons (Fsp3) is 0.429. The van der Waals surface area contributed by atoms with E-state index >= 15 is 0 Å². The van der Waals surface area contributed by atoms with Crippen molar-refractivity contribution in [1.82, 2.24) is 0 Å². The van der Waals surface area contributed by atoms with E-state index in [9.17, 15) is 4.39 Å². The summed E-state index contributed by atoms with van der Waals surface area (Å²) in [6.07, 6.45) is 0. The molecule has 16 heavy (non-hydrogen) atoms. The molecule has 1 heterocycles. The minimum absolute atomic E-state index is 0.0643. The predicted octanol–water partition coefficient (Wildman–Crippen LogP) is 5.71. The molecule has 1 aromatic carbocycles. The highest BCUT2D eigenvalue weighted by Crippen LogP contribution is 2.28. The van der Waals surface area contributed by atoms with Gasteiger partial charge in [0.05, 0.1) is 4.70 Å². The normalized spacial score (nSPS) is 8.94. The van der Waals surface area contributed by atoms with E-state index in [0.29, 0.717) is 0 Å². The molecule has 0 atom stereocenters. The highest BCUT2D eigenvalue weighted by Gasteiger charge is 2.05. The molecule has 0 nitrogen and oxygen atoms in total. The van der Waals surface area contributed by atoms with Gasteiger partial charge < -0.3 is 0 Å². The molecule has 0 aliphatic carbocycles. The quantitative estimate of drug-likeness (QED) is 0.553. The van der Waals surface area contributed by atoms with Crippen molar-refractivity contribution in [3.05, 3.63) is 34.5 Å². The molecule has 0 bridgehead atoms. The Morgan fingerprint density at radius 1 is 1.00 bits per heavy atom. The van der Waals surface area contributed by atoms with Gasteiger partial charge in [-0.1, -0.05) is 39.8 Å². The summed E-state index contributed by atoms with van der Waals surface area (Å²) < 4.78 is 14.2. The van der Waals surface area contributed by atoms with Gasteiger partial charge in [-0.15, -0.1) is 11.3 Å². The Morgan fingerprint density at radius 3 is 2.12 bits per heavy atom. The number of hydrogen-bond acceptors (Lipinski definition) is 1. The lowest BCUT2D eigenvalue weighted by Crippen LogP contribution is -1.79. The molecule has 0 spiro atoms. The second-order valence-corrected chi connectivity index (χ2v) is 4.23. The van der Waals surface area contributed by atoms with Crippen LogP contribution in [0.15, 0.2) is 18.2 Å². The van der Waals surface area contributed by atoms with E-state index in [4.69, 9.17) is 0 Å². The largest absolute Gasteiger partial charge is 0.205 e. The first-order valence-electron chi connectivity index (χ1n) is 5.84. The molecule has 0 radical (unpaired) electrons. The average Bonchev–Trinajstić information content (AvgIpc) is 2.71. The number of aryl methyl sites for hydroxylation is 2. The molecule has 90 valence electrons. The molecule has 0 N–H and O–H groups in total. The van der Waals surface area contributed by atoms with Crippen LogP contribution < -0.4 is 0 Å². The fourth-order valence-corrected chi connectivity index (χ4v) is 2.30. The maximum atomic E-state index is 13.4. The second-order valence-electron chi connectivity index (χ2n) is 2.97. The molecule has 0 saturated carbocycles. The molecule has 0 amide bonds. The Kier molecular flexibility index (Phi) is 6.98. The van der Waals surface area contributed by atoms with Gasteiger partial charge in [0.1, 0.15) is 5.82 Å². The first-order valence-corrected chi connectivity index (χ1v) is 6.65. The molecular formula is C14H21FS. The maximum absolute atomic E-state index is 13.4. The van der Waals surface area contributed by atoms with Gasteiger partial charge in [0.2, 0.25) is 0 Å². The number of benzene rings is 1. The average molecular weight is 240 g/mol. The van der Waals surface area contributed by atoms with Gasteiger partial charge >= 0.3 is 0 Å². The molecule has 0 saturated heterocycles. The standard InChI is InChI=1S/C10H9FS.2C2H6/c1-6-3-4-8-5-7(2)12-10(8)9(6)11;2*1-2/h3-5H,1-2H3;2*1-2H3. The fourth-order valence-electron chi connectivity index (χ4n) is 1.30. The summed E-state index contributed by atoms with van der Waals surface area (Å²) in [4.78, 5) is 1.16. The Hall–Kier alpha value is -0.890. The van der Waals surface area contributed by atoms with Crippen molar-refractivity contribution >= 4 is 21.4 Å². The molecule has 1 aromatic heterocycles. The third-order valence-electron chi connectivity index (χ3n) is 1.94. The summed E-state index contributed by atoms with van der Waals surface area (Å²) in [6, 6.07) is 5.81. The summed E-state index contributed by atoms with van der Waals surface area (Å²) in [6.45, 7) is 11.8. The van der Waals surface area contributed by atoms with Crippen LogP contribution in [0.1, 0.15) is 38.1 Å². The zero-order valence-electron chi connectivity index (χ0n) is 11.0. The third-order valence-corrected chi connectivity index (χ3v) is 3.00. The van der Waals surface area contributed by atoms with E-state index in [-0.39, 0.29) is 5.82 Å². The van der Waals surface area contributed by atoms with E-state index in [2.05, 4.69) is 0 Å². The van der Waals surface area contributed by atoms with Gasteiger partial charge in [0.25, 0.3) is 0 Å². The van der Waals surface area contributed by atoms with Crippen LogP contribution >= 0.6 is 11.3 Å². The lowest BCUT2D eigenvalue weighted by Gasteiger charge is -1.95. The smallest absolute Gasteiger partial charge is 0.143 e. The summed E-state index contributed by atoms with van der Waals surface area (Å²) >= 11 is 1.52. The molecule has 0 unspecified atom stereocenters. The van der Waals surface area contributed by atoms with Crippen LogP contribution in [0.25, 0.3) is 10.1 Å². The highest BCUT2D eigenvalue weighted by atomic mass is 32.1. The molecule has 0 aliphatic heterocycles. The monoisotopic (exact) mass is 240 g/mol. The van der Waals surface area contributed by atoms with Crippen molar-refractivity contribution in [2.75, 3.05) is 0 Å². The Bertz CT molecular complexity index is 429. The van der Waals surface area contributed by atoms with Crippen LogP contribution in [0.5, 0.6) is 0 Å². The van der Waals surface area contributed by atoms with E-state index in [1.54, 1.807) is 6.92 Å². The van der Waals surface area contributed by atoms with Crippen molar-refractivity contribution in [2.24, 2.45) is 0 Å². The van der Waals surface area contributed by atoms with Crippen LogP contribution in [0.3, 0.4) is 0 Å². The zero-order chi connectivity index (χ0) is 12.7. The van der Waals surface area contributed by atoms with Gasteiger partial charge in [-0.05, 0) is 30.9 Å². The first kappa shape index (κ1) is 15.1. The summed E-state index contributed by atoms with van der Waals surface area (Å²) in [5.74, 6) is -0.0643. The number of hydrogen-bond donors (Lipinski definition) is 0. The molecule has 2 heteroatoms. The van der Waals surface area contributed by atoms with Gasteiger partial charge in [0.15, 0.2) is 0 Å². The summed E-state index contributed by atoms with van der Waals surface area (Å²) in [5, 5.41) is 1.01. The van der Waals surface area contributed by atoms with Gasteiger partial charge in [0, 0.05) is 4.88 Å². The lowest BCUT2D eigenvalue weighted by molar-refractivity contribution is 0.632. The van der Waals surface area contributed by atoms with Crippen molar-refractivity contribution in [3.63, 3.8) is 0 Å². The summed E-state index contributed by atoms with van der Waals surface area (Å²) in [7, 11) is 0. The van der Waals surface area contributed by atoms with Gasteiger partial charge in [-0.2, -0.15) is 0 Å². The molecule has 0 fully saturated rings. The lowest BCUT2D eigenvalue weighted by atomic mass is 10.2. The van der Waals surface area contributed by atoms with Crippen molar-refractivity contribution < 1.29 is 4.39 Å². The number of rotatable bonds is 0. The topological polar surface area (TPSA) is 0 Å². The van der Waals surface area contributed by atoms with Crippen molar-refractivity contribution in [1.29, 1.82) is 0 Å². The SMILES string of the molecule is CC.CC.Cc1cc2ccc(C)c(F)c2s1. The van der Waals surface area contributed by atoms with E-state index in [0.717, 1.165) is 20.5 Å². The Balaban J connectivity index is 0.000000509. The molecule has 0 aliphatic rings. The Morgan fingerprint density at radius 2 is 1.56 bits per heavy atom. The molecule has 2 aromatic rings. The van der Waals surface area contributed by atoms with E-state index < -0.39 is 0 Å². The van der Waals surface area contributed by atoms with Gasteiger partial charge in [-0.3, -0.25) is 0 Å². The van der Waals surface area contributed by atoms with Gasteiger partial charge in [-0.25, -0.2) is 4.39 Å². The second kappa shape index (κ2) is 7.39. The number of fused-ring (bicyclic) bond motifs is 1. The van der Waals surface area contributed by atoms with Crippen molar-refractivity contribution in [3.8, 4) is 0 Å². The van der Waals surface area contributed by atoms with Crippen LogP contribution in [0.2, 0.25) is 0 Å². The Labute approximate surface area is 102 Å². The third kappa shape index (κ3) is 3.31. The van der Waals surface area contributed by atoms with E-state index in [1.807, 2.05) is 52.8 Å². The van der Waals surface area contributed by atoms with E-state index in [1.165, 1.54) is 11.3 Å². The first-order chi connectivity index (χ1) is 7.68. The maximum Gasteiger partial charge on any atom is 0.143 e. The number of thiophene rings is 1. The van der Waals surface area contributed by atoms with Crippen LogP contribution in [-0.2, 0) is 0 Å². The summed E-state index contributed by atoms with van der Waals surface area (Å²) in [5.41, 5.74) is 0.726. The van der Waals surface area contributed by atoms with Crippen LogP contribution in [0, 0.1) is 19.7 Å². The molecular weight excluding hydrogens is 219 g/mol. The number of halogens is 1.